The quantitative estimate of drug-likeness (QED) is 0.336. The largest absolute Gasteiger partial charge is 0.405 e. The molecule has 214 valence electrons. The summed E-state index contributed by atoms with van der Waals surface area (Å²) < 4.78 is 2.06. The molecule has 3 heterocycles. The van der Waals surface area contributed by atoms with Crippen molar-refractivity contribution in [1.82, 2.24) is 19.6 Å². The van der Waals surface area contributed by atoms with Crippen LogP contribution in [0.15, 0.2) is 81.5 Å². The van der Waals surface area contributed by atoms with Gasteiger partial charge in [-0.25, -0.2) is 4.99 Å². The average molecular weight is 546 g/mol. The maximum absolute atomic E-state index is 11.2. The highest BCUT2D eigenvalue weighted by Gasteiger charge is 2.31. The van der Waals surface area contributed by atoms with E-state index in [4.69, 9.17) is 21.6 Å². The van der Waals surface area contributed by atoms with Gasteiger partial charge >= 0.3 is 0 Å². The van der Waals surface area contributed by atoms with Gasteiger partial charge in [0, 0.05) is 61.0 Å². The second kappa shape index (κ2) is 12.9. The molecule has 2 unspecified atom stereocenters. The van der Waals surface area contributed by atoms with Gasteiger partial charge in [-0.15, -0.1) is 0 Å². The second-order valence-electron chi connectivity index (χ2n) is 10.9. The van der Waals surface area contributed by atoms with Crippen LogP contribution in [-0.4, -0.2) is 63.2 Å². The molecule has 10 heteroatoms. The van der Waals surface area contributed by atoms with E-state index < -0.39 is 0 Å². The minimum absolute atomic E-state index is 0.120. The second-order valence-corrected chi connectivity index (χ2v) is 10.9. The number of hydrogen-bond acceptors (Lipinski definition) is 9. The summed E-state index contributed by atoms with van der Waals surface area (Å²) in [6, 6.07) is 0.392. The van der Waals surface area contributed by atoms with E-state index in [2.05, 4.69) is 58.3 Å². The smallest absolute Gasteiger partial charge is 0.128 e. The molecule has 0 spiro atoms. The number of nitrogens with two attached hydrogens (primary N) is 2. The van der Waals surface area contributed by atoms with E-state index in [1.807, 2.05) is 25.4 Å². The van der Waals surface area contributed by atoms with Crippen LogP contribution in [0.2, 0.25) is 0 Å². The number of likely N-dealkylation sites (tertiary alicyclic amines) is 1. The molecule has 4 N–H and O–H groups in total. The Bertz CT molecular complexity index is 1290. The molecule has 2 fully saturated rings. The summed E-state index contributed by atoms with van der Waals surface area (Å²) in [6.07, 6.45) is 16.2. The number of aromatic nitrogens is 2. The number of piperidine rings is 1. The average Bonchev–Trinajstić information content (AvgIpc) is 3.66. The van der Waals surface area contributed by atoms with Crippen LogP contribution in [0.1, 0.15) is 70.9 Å². The molecular weight excluding hydrogens is 502 g/mol. The van der Waals surface area contributed by atoms with Gasteiger partial charge in [-0.2, -0.15) is 10.0 Å². The molecule has 1 saturated heterocycles. The molecule has 1 aliphatic carbocycles. The fraction of sp³-hybridized carbons (Fsp3) is 0.500. The van der Waals surface area contributed by atoms with Gasteiger partial charge in [0.25, 0.3) is 0 Å². The summed E-state index contributed by atoms with van der Waals surface area (Å²) in [5.41, 5.74) is 17.2. The molecule has 1 aromatic rings. The number of aliphatic imine (C=N–C) groups is 2. The van der Waals surface area contributed by atoms with Crippen LogP contribution in [0.5, 0.6) is 0 Å². The van der Waals surface area contributed by atoms with Crippen molar-refractivity contribution < 1.29 is 0 Å². The lowest BCUT2D eigenvalue weighted by atomic mass is 9.94. The van der Waals surface area contributed by atoms with E-state index in [0.29, 0.717) is 0 Å². The summed E-state index contributed by atoms with van der Waals surface area (Å²) in [4.78, 5) is 25.4. The van der Waals surface area contributed by atoms with Crippen molar-refractivity contribution in [1.29, 1.82) is 0 Å². The molecule has 10 nitrogen and oxygen atoms in total. The van der Waals surface area contributed by atoms with Gasteiger partial charge in [0.05, 0.1) is 29.8 Å². The Morgan fingerprint density at radius 3 is 2.67 bits per heavy atom. The number of nitroso groups, excluding NO2 is 1. The van der Waals surface area contributed by atoms with Gasteiger partial charge in [0.1, 0.15) is 5.82 Å². The van der Waals surface area contributed by atoms with Crippen LogP contribution in [0.25, 0.3) is 5.57 Å². The van der Waals surface area contributed by atoms with Gasteiger partial charge in [-0.3, -0.25) is 9.67 Å². The summed E-state index contributed by atoms with van der Waals surface area (Å²) in [6.45, 7) is 12.3. The predicted molar refractivity (Wildman–Crippen MR) is 163 cm³/mol. The van der Waals surface area contributed by atoms with E-state index in [0.717, 1.165) is 91.4 Å². The van der Waals surface area contributed by atoms with Crippen LogP contribution in [0, 0.1) is 4.91 Å². The van der Waals surface area contributed by atoms with Crippen LogP contribution in [0.3, 0.4) is 0 Å². The van der Waals surface area contributed by atoms with Crippen LogP contribution >= 0.6 is 0 Å². The third-order valence-corrected chi connectivity index (χ3v) is 8.40. The highest BCUT2D eigenvalue weighted by Crippen LogP contribution is 2.32. The highest BCUT2D eigenvalue weighted by atomic mass is 16.3. The van der Waals surface area contributed by atoms with Crippen molar-refractivity contribution in [2.24, 2.45) is 26.6 Å². The molecule has 0 radical (unpaired) electrons. The lowest BCUT2D eigenvalue weighted by Crippen LogP contribution is -2.36. The van der Waals surface area contributed by atoms with Crippen LogP contribution in [-0.2, 0) is 0 Å². The lowest BCUT2D eigenvalue weighted by molar-refractivity contribution is 0.217. The predicted octanol–water partition coefficient (Wildman–Crippen LogP) is 4.87. The van der Waals surface area contributed by atoms with Crippen molar-refractivity contribution in [3.05, 3.63) is 76.8 Å². The number of nitrogens with zero attached hydrogens (tertiary/aromatic N) is 7. The number of rotatable bonds is 9. The lowest BCUT2D eigenvalue weighted by Gasteiger charge is -2.33. The van der Waals surface area contributed by atoms with Crippen molar-refractivity contribution >= 4 is 17.0 Å². The van der Waals surface area contributed by atoms with E-state index >= 15 is 0 Å². The number of allylic oxidation sites excluding steroid dienone is 5. The zero-order chi connectivity index (χ0) is 28.8. The Morgan fingerprint density at radius 1 is 1.27 bits per heavy atom. The molecule has 0 aromatic carbocycles. The fourth-order valence-electron chi connectivity index (χ4n) is 5.59. The van der Waals surface area contributed by atoms with Gasteiger partial charge < -0.3 is 21.3 Å². The first-order valence-electron chi connectivity index (χ1n) is 14.2. The van der Waals surface area contributed by atoms with E-state index in [9.17, 15) is 4.91 Å². The van der Waals surface area contributed by atoms with Crippen molar-refractivity contribution in [3.8, 4) is 0 Å². The Kier molecular flexibility index (Phi) is 9.39. The maximum atomic E-state index is 11.2. The molecule has 40 heavy (non-hydrogen) atoms. The van der Waals surface area contributed by atoms with Crippen LogP contribution < -0.4 is 11.5 Å². The highest BCUT2D eigenvalue weighted by molar-refractivity contribution is 6.42. The zero-order valence-corrected chi connectivity index (χ0v) is 24.3. The van der Waals surface area contributed by atoms with Crippen molar-refractivity contribution in [3.63, 3.8) is 0 Å². The van der Waals surface area contributed by atoms with Crippen molar-refractivity contribution in [2.75, 3.05) is 20.1 Å². The topological polar surface area (TPSA) is 130 Å². The van der Waals surface area contributed by atoms with Gasteiger partial charge in [0.15, 0.2) is 0 Å². The zero-order valence-electron chi connectivity index (χ0n) is 24.3. The molecule has 1 aromatic heterocycles. The monoisotopic (exact) mass is 545 g/mol. The Balaban J connectivity index is 1.59. The Labute approximate surface area is 237 Å². The molecule has 4 rings (SSSR count). The maximum Gasteiger partial charge on any atom is 0.128 e. The molecule has 3 aliphatic rings. The van der Waals surface area contributed by atoms with E-state index in [1.54, 1.807) is 6.08 Å². The number of hydrogen-bond donors (Lipinski definition) is 2. The first-order chi connectivity index (χ1) is 19.3. The minimum Gasteiger partial charge on any atom is -0.405 e. The van der Waals surface area contributed by atoms with Gasteiger partial charge in [0.2, 0.25) is 0 Å². The molecular formula is C30H43N9O. The van der Waals surface area contributed by atoms with E-state index in [1.165, 1.54) is 11.8 Å². The third kappa shape index (κ3) is 6.26. The molecule has 2 aliphatic heterocycles. The third-order valence-electron chi connectivity index (χ3n) is 8.40. The minimum atomic E-state index is -0.120. The first-order valence-corrected chi connectivity index (χ1v) is 14.2. The molecule has 2 atom stereocenters. The normalized spacial score (nSPS) is 24.4. The van der Waals surface area contributed by atoms with Crippen molar-refractivity contribution in [2.45, 2.75) is 77.4 Å². The van der Waals surface area contributed by atoms with Gasteiger partial charge in [-0.1, -0.05) is 18.7 Å². The molecule has 1 saturated carbocycles. The summed E-state index contributed by atoms with van der Waals surface area (Å²) in [5, 5.41) is 8.05. The standard InChI is InChI=1S/C30H43N9O/c1-6-20(2)30(37(5)26-10-9-24(16-26)36-40)35-29-21(3)22(4)33-18-27(29)23-17-34-39(19-23)25-11-14-38(15-12-25)28(32)8-7-13-31/h7-8,13,17-19,24-26H,3,6,9-12,14-16,31-32H2,1-2,4-5H3/b13-7-,28-8+,30-20-,35-29?. The summed E-state index contributed by atoms with van der Waals surface area (Å²) in [5.74, 6) is 1.65. The fourth-order valence-corrected chi connectivity index (χ4v) is 5.59. The SMILES string of the molecule is C=C1C(C)=NC=C(c2cnn(C3CCN(/C(N)=C/C=C\N)CC3)c2)C1=N/C(=C(\C)CC)N(C)C1CCC(N=O)C1. The van der Waals surface area contributed by atoms with Crippen LogP contribution in [0.4, 0.5) is 0 Å². The van der Waals surface area contributed by atoms with E-state index in [-0.39, 0.29) is 18.1 Å². The van der Waals surface area contributed by atoms with Gasteiger partial charge in [-0.05, 0) is 76.3 Å². The summed E-state index contributed by atoms with van der Waals surface area (Å²) >= 11 is 0. The Morgan fingerprint density at radius 2 is 2.02 bits per heavy atom. The molecule has 0 amide bonds. The summed E-state index contributed by atoms with van der Waals surface area (Å²) in [7, 11) is 2.07. The Hall–Kier alpha value is -3.95. The first kappa shape index (κ1) is 29.0. The molecule has 0 bridgehead atoms.